The number of carbonyl (C=O) groups excluding carboxylic acids is 1. The molecule has 0 bridgehead atoms. The van der Waals surface area contributed by atoms with Crippen LogP contribution in [-0.4, -0.2) is 25.0 Å². The quantitative estimate of drug-likeness (QED) is 0.876. The Labute approximate surface area is 120 Å². The molecule has 1 aromatic rings. The van der Waals surface area contributed by atoms with E-state index >= 15 is 0 Å². The van der Waals surface area contributed by atoms with Crippen molar-refractivity contribution in [2.75, 3.05) is 13.1 Å². The van der Waals surface area contributed by atoms with Crippen molar-refractivity contribution in [2.24, 2.45) is 0 Å². The SMILES string of the molecule is CCN[C@H](C)CNC(=O)c1ccc(Cl)c(C)c1.Cl. The molecule has 3 nitrogen and oxygen atoms in total. The first-order chi connectivity index (χ1) is 8.04. The van der Waals surface area contributed by atoms with Crippen molar-refractivity contribution < 1.29 is 4.79 Å². The van der Waals surface area contributed by atoms with Gasteiger partial charge in [0.2, 0.25) is 0 Å². The van der Waals surface area contributed by atoms with Gasteiger partial charge in [-0.15, -0.1) is 12.4 Å². The van der Waals surface area contributed by atoms with E-state index in [0.29, 0.717) is 17.1 Å². The number of rotatable bonds is 5. The van der Waals surface area contributed by atoms with E-state index in [-0.39, 0.29) is 24.4 Å². The fraction of sp³-hybridized carbons (Fsp3) is 0.462. The summed E-state index contributed by atoms with van der Waals surface area (Å²) >= 11 is 5.91. The molecular formula is C13H20Cl2N2O. The van der Waals surface area contributed by atoms with Crippen LogP contribution in [-0.2, 0) is 0 Å². The normalized spacial score (nSPS) is 11.6. The highest BCUT2D eigenvalue weighted by atomic mass is 35.5. The van der Waals surface area contributed by atoms with Crippen molar-refractivity contribution in [3.8, 4) is 0 Å². The zero-order valence-corrected chi connectivity index (χ0v) is 12.5. The van der Waals surface area contributed by atoms with Gasteiger partial charge < -0.3 is 10.6 Å². The van der Waals surface area contributed by atoms with Gasteiger partial charge in [-0.05, 0) is 44.2 Å². The number of amides is 1. The summed E-state index contributed by atoms with van der Waals surface area (Å²) in [7, 11) is 0. The third kappa shape index (κ3) is 5.25. The predicted molar refractivity (Wildman–Crippen MR) is 78.9 cm³/mol. The lowest BCUT2D eigenvalue weighted by Gasteiger charge is -2.13. The molecule has 18 heavy (non-hydrogen) atoms. The molecule has 2 N–H and O–H groups in total. The van der Waals surface area contributed by atoms with Crippen LogP contribution in [0.15, 0.2) is 18.2 Å². The van der Waals surface area contributed by atoms with Crippen LogP contribution in [0.1, 0.15) is 29.8 Å². The minimum atomic E-state index is -0.0606. The Hall–Kier alpha value is -0.770. The number of hydrogen-bond donors (Lipinski definition) is 2. The van der Waals surface area contributed by atoms with Crippen LogP contribution in [0.4, 0.5) is 0 Å². The molecule has 1 atom stereocenters. The number of likely N-dealkylation sites (N-methyl/N-ethyl adjacent to an activating group) is 1. The Bertz CT molecular complexity index is 397. The number of aryl methyl sites for hydroxylation is 1. The fourth-order valence-corrected chi connectivity index (χ4v) is 1.67. The second kappa shape index (κ2) is 8.35. The summed E-state index contributed by atoms with van der Waals surface area (Å²) in [4.78, 5) is 11.8. The number of carbonyl (C=O) groups is 1. The molecule has 1 amide bonds. The smallest absolute Gasteiger partial charge is 0.251 e. The first-order valence-electron chi connectivity index (χ1n) is 5.82. The van der Waals surface area contributed by atoms with Gasteiger partial charge in [0.1, 0.15) is 0 Å². The van der Waals surface area contributed by atoms with Gasteiger partial charge in [0.15, 0.2) is 0 Å². The molecule has 0 aliphatic carbocycles. The van der Waals surface area contributed by atoms with Crippen molar-refractivity contribution >= 4 is 29.9 Å². The Morgan fingerprint density at radius 2 is 2.11 bits per heavy atom. The molecule has 0 heterocycles. The minimum absolute atomic E-state index is 0. The molecule has 0 aliphatic rings. The van der Waals surface area contributed by atoms with Crippen molar-refractivity contribution in [3.05, 3.63) is 34.3 Å². The first-order valence-corrected chi connectivity index (χ1v) is 6.20. The number of hydrogen-bond acceptors (Lipinski definition) is 2. The molecule has 0 radical (unpaired) electrons. The monoisotopic (exact) mass is 290 g/mol. The topological polar surface area (TPSA) is 41.1 Å². The molecule has 102 valence electrons. The van der Waals surface area contributed by atoms with Crippen LogP contribution in [0.3, 0.4) is 0 Å². The van der Waals surface area contributed by atoms with E-state index in [0.717, 1.165) is 12.1 Å². The van der Waals surface area contributed by atoms with Crippen LogP contribution in [0.5, 0.6) is 0 Å². The molecule has 0 fully saturated rings. The summed E-state index contributed by atoms with van der Waals surface area (Å²) in [5.74, 6) is -0.0606. The van der Waals surface area contributed by atoms with E-state index in [1.165, 1.54) is 0 Å². The Morgan fingerprint density at radius 1 is 1.44 bits per heavy atom. The van der Waals surface area contributed by atoms with Gasteiger partial charge in [-0.1, -0.05) is 18.5 Å². The highest BCUT2D eigenvalue weighted by Crippen LogP contribution is 2.16. The molecule has 0 unspecified atom stereocenters. The van der Waals surface area contributed by atoms with Gasteiger partial charge in [0.05, 0.1) is 0 Å². The number of benzene rings is 1. The first kappa shape index (κ1) is 17.2. The average Bonchev–Trinajstić information content (AvgIpc) is 2.30. The highest BCUT2D eigenvalue weighted by Gasteiger charge is 2.08. The van der Waals surface area contributed by atoms with Crippen LogP contribution < -0.4 is 10.6 Å². The summed E-state index contributed by atoms with van der Waals surface area (Å²) in [5.41, 5.74) is 1.56. The van der Waals surface area contributed by atoms with E-state index in [1.807, 2.05) is 20.8 Å². The van der Waals surface area contributed by atoms with Crippen molar-refractivity contribution in [1.82, 2.24) is 10.6 Å². The van der Waals surface area contributed by atoms with Crippen LogP contribution >= 0.6 is 24.0 Å². The van der Waals surface area contributed by atoms with E-state index < -0.39 is 0 Å². The minimum Gasteiger partial charge on any atom is -0.350 e. The second-order valence-electron chi connectivity index (χ2n) is 4.13. The van der Waals surface area contributed by atoms with E-state index in [4.69, 9.17) is 11.6 Å². The summed E-state index contributed by atoms with van der Waals surface area (Å²) in [6.45, 7) is 7.49. The molecule has 0 saturated carbocycles. The number of nitrogens with one attached hydrogen (secondary N) is 2. The van der Waals surface area contributed by atoms with Crippen molar-refractivity contribution in [2.45, 2.75) is 26.8 Å². The zero-order chi connectivity index (χ0) is 12.8. The summed E-state index contributed by atoms with van der Waals surface area (Å²) < 4.78 is 0. The molecule has 0 saturated heterocycles. The van der Waals surface area contributed by atoms with Gasteiger partial charge in [0.25, 0.3) is 5.91 Å². The van der Waals surface area contributed by atoms with Crippen molar-refractivity contribution in [3.63, 3.8) is 0 Å². The zero-order valence-electron chi connectivity index (χ0n) is 10.9. The van der Waals surface area contributed by atoms with Gasteiger partial charge in [-0.3, -0.25) is 4.79 Å². The molecule has 5 heteroatoms. The molecule has 1 aromatic carbocycles. The third-order valence-electron chi connectivity index (χ3n) is 2.54. The van der Waals surface area contributed by atoms with E-state index in [1.54, 1.807) is 18.2 Å². The highest BCUT2D eigenvalue weighted by molar-refractivity contribution is 6.31. The Kier molecular flexibility index (Phi) is 8.00. The average molecular weight is 291 g/mol. The molecule has 1 rings (SSSR count). The molecular weight excluding hydrogens is 271 g/mol. The lowest BCUT2D eigenvalue weighted by atomic mass is 10.1. The molecule has 0 spiro atoms. The summed E-state index contributed by atoms with van der Waals surface area (Å²) in [6.07, 6.45) is 0. The van der Waals surface area contributed by atoms with Crippen LogP contribution in [0.2, 0.25) is 5.02 Å². The molecule has 0 aliphatic heterocycles. The Morgan fingerprint density at radius 3 is 2.67 bits per heavy atom. The predicted octanol–water partition coefficient (Wildman–Crippen LogP) is 2.80. The van der Waals surface area contributed by atoms with Gasteiger partial charge in [-0.25, -0.2) is 0 Å². The second-order valence-corrected chi connectivity index (χ2v) is 4.54. The lowest BCUT2D eigenvalue weighted by Crippen LogP contribution is -2.38. The largest absolute Gasteiger partial charge is 0.350 e. The van der Waals surface area contributed by atoms with Crippen molar-refractivity contribution in [1.29, 1.82) is 0 Å². The van der Waals surface area contributed by atoms with Crippen LogP contribution in [0, 0.1) is 6.92 Å². The lowest BCUT2D eigenvalue weighted by molar-refractivity contribution is 0.0950. The summed E-state index contributed by atoms with van der Waals surface area (Å²) in [5, 5.41) is 6.81. The molecule has 0 aromatic heterocycles. The maximum atomic E-state index is 11.8. The number of halogens is 2. The third-order valence-corrected chi connectivity index (χ3v) is 2.97. The van der Waals surface area contributed by atoms with Crippen LogP contribution in [0.25, 0.3) is 0 Å². The van der Waals surface area contributed by atoms with Gasteiger partial charge in [0, 0.05) is 23.2 Å². The summed E-state index contributed by atoms with van der Waals surface area (Å²) in [6, 6.07) is 5.56. The fourth-order valence-electron chi connectivity index (χ4n) is 1.55. The maximum Gasteiger partial charge on any atom is 0.251 e. The van der Waals surface area contributed by atoms with E-state index in [9.17, 15) is 4.79 Å². The van der Waals surface area contributed by atoms with E-state index in [2.05, 4.69) is 10.6 Å². The van der Waals surface area contributed by atoms with Gasteiger partial charge in [-0.2, -0.15) is 0 Å². The standard InChI is InChI=1S/C13H19ClN2O.ClH/c1-4-15-10(3)8-16-13(17)11-5-6-12(14)9(2)7-11;/h5-7,10,15H,4,8H2,1-3H3,(H,16,17);1H/t10-;/m1./s1. The Balaban J connectivity index is 0.00000289. The van der Waals surface area contributed by atoms with Gasteiger partial charge >= 0.3 is 0 Å². The maximum absolute atomic E-state index is 11.8.